The van der Waals surface area contributed by atoms with Gasteiger partial charge in [0.15, 0.2) is 0 Å². The van der Waals surface area contributed by atoms with Gasteiger partial charge in [-0.05, 0) is 0 Å². The first-order chi connectivity index (χ1) is 12.8. The number of nitrogens with zero attached hydrogens (tertiary/aromatic N) is 1. The maximum absolute atomic E-state index is 13.2. The molecule has 0 bridgehead atoms. The van der Waals surface area contributed by atoms with Crippen LogP contribution in [0.2, 0.25) is 0 Å². The third-order valence-electron chi connectivity index (χ3n) is 3.65. The summed E-state index contributed by atoms with van der Waals surface area (Å²) in [5.74, 6) is 0.733. The molecule has 140 valence electrons. The molecule has 0 radical (unpaired) electrons. The molecule has 0 saturated heterocycles. The van der Waals surface area contributed by atoms with Gasteiger partial charge in [0.25, 0.3) is 0 Å². The first kappa shape index (κ1) is 19.5. The fourth-order valence-corrected chi connectivity index (χ4v) is 3.95. The quantitative estimate of drug-likeness (QED) is 0.583. The number of nitrogens with one attached hydrogen (secondary N) is 1. The molecule has 0 saturated carbocycles. The number of anilines is 2. The Morgan fingerprint density at radius 3 is 2.59 bits per heavy atom. The van der Waals surface area contributed by atoms with Crippen molar-refractivity contribution in [2.24, 2.45) is 0 Å². The number of hydrogen-bond donors (Lipinski definition) is 1. The maximum atomic E-state index is 13.2. The van der Waals surface area contributed by atoms with E-state index in [1.807, 2.05) is 0 Å². The zero-order valence-corrected chi connectivity index (χ0v) is 17.2. The van der Waals surface area contributed by atoms with Gasteiger partial charge in [0.2, 0.25) is 0 Å². The Morgan fingerprint density at radius 1 is 1.19 bits per heavy atom. The fraction of sp³-hybridized carbons (Fsp3) is 0.111. The fourth-order valence-electron chi connectivity index (χ4n) is 2.42. The number of rotatable bonds is 5. The molecule has 3 aromatic rings. The Hall–Kier alpha value is -2.31. The summed E-state index contributed by atoms with van der Waals surface area (Å²) in [7, 11) is 1.53. The van der Waals surface area contributed by atoms with Crippen LogP contribution in [0.3, 0.4) is 0 Å². The number of aromatic nitrogens is 1. The molecule has 1 unspecified atom stereocenters. The minimum absolute atomic E-state index is 0.115. The molecule has 1 N–H and O–H groups in total. The van der Waals surface area contributed by atoms with E-state index in [9.17, 15) is 18.0 Å². The van der Waals surface area contributed by atoms with Crippen molar-refractivity contribution in [1.82, 2.24) is 4.98 Å². The predicted octanol–water partition coefficient (Wildman–Crippen LogP) is 4.35. The predicted molar refractivity (Wildman–Crippen MR) is 102 cm³/mol. The van der Waals surface area contributed by atoms with Crippen LogP contribution in [0.4, 0.5) is 24.7 Å². The normalized spacial score (nSPS) is 11.3. The van der Waals surface area contributed by atoms with E-state index in [0.29, 0.717) is 16.3 Å². The second-order valence-corrected chi connectivity index (χ2v) is 7.56. The third kappa shape index (κ3) is 4.34. The van der Waals surface area contributed by atoms with Gasteiger partial charge >= 0.3 is 166 Å². The molecule has 0 aliphatic rings. The van der Waals surface area contributed by atoms with E-state index in [0.717, 1.165) is 34.3 Å². The van der Waals surface area contributed by atoms with E-state index in [2.05, 4.69) is 10.3 Å². The number of halogens is 3. The van der Waals surface area contributed by atoms with Gasteiger partial charge in [-0.2, -0.15) is 0 Å². The van der Waals surface area contributed by atoms with Crippen LogP contribution in [0.25, 0.3) is 10.6 Å². The Labute approximate surface area is 165 Å². The van der Waals surface area contributed by atoms with Crippen molar-refractivity contribution in [3.63, 3.8) is 0 Å². The zero-order chi connectivity index (χ0) is 19.6. The number of para-hydroxylation sites is 1. The molecule has 0 fully saturated rings. The van der Waals surface area contributed by atoms with Crippen molar-refractivity contribution in [3.8, 4) is 16.3 Å². The van der Waals surface area contributed by atoms with E-state index in [1.54, 1.807) is 24.3 Å². The average molecular weight is 454 g/mol. The molecule has 4 nitrogen and oxygen atoms in total. The number of alkyl halides is 3. The van der Waals surface area contributed by atoms with Crippen LogP contribution in [0.1, 0.15) is 15.2 Å². The first-order valence-electron chi connectivity index (χ1n) is 7.68. The van der Waals surface area contributed by atoms with Crippen LogP contribution in [0, 0.1) is 0 Å². The summed E-state index contributed by atoms with van der Waals surface area (Å²) < 4.78 is 44.6. The molecule has 1 atom stereocenters. The number of methoxy groups -OCH3 is 1. The monoisotopic (exact) mass is 454 g/mol. The van der Waals surface area contributed by atoms with Gasteiger partial charge in [0, 0.05) is 0 Å². The Bertz CT molecular complexity index is 989. The first-order valence-corrected chi connectivity index (χ1v) is 9.70. The van der Waals surface area contributed by atoms with Crippen molar-refractivity contribution < 1.29 is 22.7 Å². The number of hydrogen-bond acceptors (Lipinski definition) is 5. The number of carbonyl (C=O) groups excluding carboxylic acids is 1. The second kappa shape index (κ2) is 7.74. The molecular weight excluding hydrogens is 440 g/mol. The summed E-state index contributed by atoms with van der Waals surface area (Å²) in [6.45, 7) is 0. The SMILES string of the molecule is COc1cccc(-c2nc(Nc3ccccc3C(F)(F)F)c(C(=O)[AsH2])s2)c1. The van der Waals surface area contributed by atoms with Crippen LogP contribution in [0.15, 0.2) is 48.5 Å². The van der Waals surface area contributed by atoms with Crippen molar-refractivity contribution in [2.75, 3.05) is 12.4 Å². The van der Waals surface area contributed by atoms with Gasteiger partial charge in [0.1, 0.15) is 0 Å². The topological polar surface area (TPSA) is 51.2 Å². The Morgan fingerprint density at radius 2 is 1.93 bits per heavy atom. The number of benzene rings is 2. The average Bonchev–Trinajstić information content (AvgIpc) is 3.05. The van der Waals surface area contributed by atoms with Gasteiger partial charge in [-0.25, -0.2) is 0 Å². The summed E-state index contributed by atoms with van der Waals surface area (Å²) in [4.78, 5) is 16.7. The molecule has 0 amide bonds. The van der Waals surface area contributed by atoms with E-state index in [4.69, 9.17) is 4.74 Å². The van der Waals surface area contributed by atoms with Crippen LogP contribution in [-0.4, -0.2) is 33.5 Å². The molecule has 0 spiro atoms. The van der Waals surface area contributed by atoms with Crippen LogP contribution < -0.4 is 10.1 Å². The van der Waals surface area contributed by atoms with Crippen LogP contribution >= 0.6 is 11.3 Å². The van der Waals surface area contributed by atoms with Gasteiger partial charge in [-0.3, -0.25) is 0 Å². The molecule has 1 heterocycles. The molecule has 0 aliphatic heterocycles. The molecule has 27 heavy (non-hydrogen) atoms. The molecule has 0 aliphatic carbocycles. The van der Waals surface area contributed by atoms with E-state index < -0.39 is 11.7 Å². The van der Waals surface area contributed by atoms with Gasteiger partial charge in [0.05, 0.1) is 0 Å². The molecule has 2 aromatic carbocycles. The summed E-state index contributed by atoms with van der Waals surface area (Å²) in [5.41, 5.74) is -0.255. The summed E-state index contributed by atoms with van der Waals surface area (Å²) in [6, 6.07) is 12.2. The van der Waals surface area contributed by atoms with E-state index in [-0.39, 0.29) is 21.0 Å². The zero-order valence-electron chi connectivity index (χ0n) is 14.0. The summed E-state index contributed by atoms with van der Waals surface area (Å²) >= 11 is 1.97. The number of ether oxygens (including phenoxy) is 1. The number of carbonyl (C=O) groups is 1. The number of thiazole rings is 1. The van der Waals surface area contributed by atoms with Crippen molar-refractivity contribution in [1.29, 1.82) is 0 Å². The molecule has 1 aromatic heterocycles. The third-order valence-corrected chi connectivity index (χ3v) is 5.82. The van der Waals surface area contributed by atoms with Gasteiger partial charge in [-0.1, -0.05) is 0 Å². The van der Waals surface area contributed by atoms with Crippen LogP contribution in [-0.2, 0) is 6.18 Å². The summed E-state index contributed by atoms with van der Waals surface area (Å²) in [5, 5.41) is 3.20. The Balaban J connectivity index is 2.04. The van der Waals surface area contributed by atoms with Crippen molar-refractivity contribution in [2.45, 2.75) is 6.18 Å². The standard InChI is InChI=1S/C18H14AsF3N2O2S/c1-26-11-6-4-5-10(9-11)17-24-16(14(27-17)15(19)25)23-13-8-3-2-7-12(13)18(20,21)22/h2-9,23H,19H2,1H3. The Kier molecular flexibility index (Phi) is 5.58. The minimum atomic E-state index is -4.52. The van der Waals surface area contributed by atoms with E-state index in [1.165, 1.54) is 25.3 Å². The van der Waals surface area contributed by atoms with Gasteiger partial charge < -0.3 is 0 Å². The summed E-state index contributed by atoms with van der Waals surface area (Å²) in [6.07, 6.45) is -4.52. The molecular formula is C18H14AsF3N2O2S. The van der Waals surface area contributed by atoms with E-state index >= 15 is 0 Å². The van der Waals surface area contributed by atoms with Gasteiger partial charge in [-0.15, -0.1) is 0 Å². The second-order valence-electron chi connectivity index (χ2n) is 5.46. The van der Waals surface area contributed by atoms with Crippen LogP contribution in [0.5, 0.6) is 5.75 Å². The molecule has 3 rings (SSSR count). The van der Waals surface area contributed by atoms with Crippen molar-refractivity contribution >= 4 is 44.3 Å². The van der Waals surface area contributed by atoms with Crippen molar-refractivity contribution in [3.05, 3.63) is 59.0 Å². The molecule has 9 heteroatoms.